The lowest BCUT2D eigenvalue weighted by Gasteiger charge is -2.28. The third kappa shape index (κ3) is 2.85. The van der Waals surface area contributed by atoms with Crippen LogP contribution in [0.2, 0.25) is 0 Å². The molecule has 0 radical (unpaired) electrons. The average Bonchev–Trinajstić information content (AvgIpc) is 2.87. The zero-order valence-corrected chi connectivity index (χ0v) is 13.0. The Hall–Kier alpha value is -1.69. The van der Waals surface area contributed by atoms with Gasteiger partial charge in [0.25, 0.3) is 0 Å². The zero-order chi connectivity index (χ0) is 14.8. The maximum Gasteiger partial charge on any atom is 0.163 e. The third-order valence-corrected chi connectivity index (χ3v) is 4.33. The van der Waals surface area contributed by atoms with E-state index in [1.54, 1.807) is 10.9 Å². The average molecular weight is 289 g/mol. The number of nitrogens with zero attached hydrogens (tertiary/aromatic N) is 4. The quantitative estimate of drug-likeness (QED) is 0.937. The van der Waals surface area contributed by atoms with Crippen molar-refractivity contribution in [3.05, 3.63) is 12.0 Å². The van der Waals surface area contributed by atoms with Crippen LogP contribution in [0.4, 0.5) is 5.82 Å². The molecule has 6 nitrogen and oxygen atoms in total. The largest absolute Gasteiger partial charge is 0.372 e. The Kier molecular flexibility index (Phi) is 4.05. The van der Waals surface area contributed by atoms with E-state index in [2.05, 4.69) is 27.3 Å². The summed E-state index contributed by atoms with van der Waals surface area (Å²) < 4.78 is 7.83. The van der Waals surface area contributed by atoms with Crippen LogP contribution in [0.1, 0.15) is 38.4 Å². The van der Waals surface area contributed by atoms with Crippen LogP contribution in [0.5, 0.6) is 0 Å². The first-order valence-corrected chi connectivity index (χ1v) is 7.67. The molecule has 0 aromatic carbocycles. The first-order valence-electron chi connectivity index (χ1n) is 7.67. The van der Waals surface area contributed by atoms with E-state index in [-0.39, 0.29) is 0 Å². The summed E-state index contributed by atoms with van der Waals surface area (Å²) in [4.78, 5) is 9.12. The highest BCUT2D eigenvalue weighted by Gasteiger charge is 2.22. The van der Waals surface area contributed by atoms with E-state index in [0.29, 0.717) is 24.5 Å². The number of aromatic nitrogens is 4. The predicted octanol–water partition coefficient (Wildman–Crippen LogP) is 2.50. The van der Waals surface area contributed by atoms with Gasteiger partial charge in [0, 0.05) is 14.1 Å². The van der Waals surface area contributed by atoms with Crippen LogP contribution in [-0.4, -0.2) is 32.9 Å². The molecule has 21 heavy (non-hydrogen) atoms. The van der Waals surface area contributed by atoms with Crippen molar-refractivity contribution in [2.75, 3.05) is 12.4 Å². The summed E-state index contributed by atoms with van der Waals surface area (Å²) in [5, 5.41) is 8.29. The Labute approximate surface area is 124 Å². The number of nitrogens with one attached hydrogen (secondary N) is 1. The Bertz CT molecular complexity index is 624. The highest BCUT2D eigenvalue weighted by molar-refractivity contribution is 5.86. The second-order valence-corrected chi connectivity index (χ2v) is 5.86. The van der Waals surface area contributed by atoms with Gasteiger partial charge in [0.2, 0.25) is 0 Å². The molecule has 0 amide bonds. The Morgan fingerprint density at radius 2 is 2.14 bits per heavy atom. The van der Waals surface area contributed by atoms with Crippen molar-refractivity contribution in [2.45, 2.75) is 45.3 Å². The van der Waals surface area contributed by atoms with Gasteiger partial charge in [0.05, 0.1) is 17.7 Å². The Morgan fingerprint density at radius 1 is 1.33 bits per heavy atom. The summed E-state index contributed by atoms with van der Waals surface area (Å²) in [6.45, 7) is 2.73. The van der Waals surface area contributed by atoms with Crippen LogP contribution in [0, 0.1) is 5.92 Å². The fraction of sp³-hybridized carbons (Fsp3) is 0.667. The lowest BCUT2D eigenvalue weighted by Crippen LogP contribution is -2.25. The van der Waals surface area contributed by atoms with Gasteiger partial charge in [-0.1, -0.05) is 19.8 Å². The molecule has 2 aromatic rings. The molecule has 3 rings (SSSR count). The second-order valence-electron chi connectivity index (χ2n) is 5.86. The van der Waals surface area contributed by atoms with Gasteiger partial charge in [-0.05, 0) is 18.8 Å². The van der Waals surface area contributed by atoms with E-state index in [1.165, 1.54) is 19.3 Å². The zero-order valence-electron chi connectivity index (χ0n) is 13.0. The summed E-state index contributed by atoms with van der Waals surface area (Å²) >= 11 is 0. The maximum absolute atomic E-state index is 6.06. The topological polar surface area (TPSA) is 64.9 Å². The molecule has 0 saturated heterocycles. The molecule has 2 aromatic heterocycles. The summed E-state index contributed by atoms with van der Waals surface area (Å²) in [6, 6.07) is 0. The molecule has 0 bridgehead atoms. The molecule has 2 atom stereocenters. The minimum atomic E-state index is 0.336. The van der Waals surface area contributed by atoms with E-state index in [0.717, 1.165) is 23.3 Å². The van der Waals surface area contributed by atoms with Gasteiger partial charge >= 0.3 is 0 Å². The van der Waals surface area contributed by atoms with Crippen molar-refractivity contribution in [1.29, 1.82) is 0 Å². The van der Waals surface area contributed by atoms with Gasteiger partial charge in [0.1, 0.15) is 12.4 Å². The highest BCUT2D eigenvalue weighted by Crippen LogP contribution is 2.27. The molecule has 6 heteroatoms. The summed E-state index contributed by atoms with van der Waals surface area (Å²) in [6.07, 6.45) is 7.11. The van der Waals surface area contributed by atoms with Gasteiger partial charge < -0.3 is 10.1 Å². The standard InChI is InChI=1S/C15H23N5O/c1-10-6-4-5-7-12(10)21-9-13-18-14(16-2)11-8-17-20(3)15(11)19-13/h8,10,12H,4-7,9H2,1-3H3,(H,16,18,19). The molecule has 2 heterocycles. The fourth-order valence-electron chi connectivity index (χ4n) is 3.03. The first-order chi connectivity index (χ1) is 10.2. The summed E-state index contributed by atoms with van der Waals surface area (Å²) in [5.74, 6) is 2.15. The Morgan fingerprint density at radius 3 is 2.90 bits per heavy atom. The molecule has 114 valence electrons. The van der Waals surface area contributed by atoms with Crippen LogP contribution < -0.4 is 5.32 Å². The first kappa shape index (κ1) is 14.3. The number of ether oxygens (including phenoxy) is 1. The maximum atomic E-state index is 6.06. The molecule has 1 fully saturated rings. The molecule has 1 aliphatic carbocycles. The van der Waals surface area contributed by atoms with Gasteiger partial charge in [-0.2, -0.15) is 5.10 Å². The van der Waals surface area contributed by atoms with Crippen molar-refractivity contribution in [1.82, 2.24) is 19.7 Å². The molecule has 2 unspecified atom stereocenters. The van der Waals surface area contributed by atoms with Crippen molar-refractivity contribution in [3.8, 4) is 0 Å². The molecule has 0 aliphatic heterocycles. The van der Waals surface area contributed by atoms with E-state index >= 15 is 0 Å². The normalized spacial score (nSPS) is 22.6. The smallest absolute Gasteiger partial charge is 0.163 e. The predicted molar refractivity (Wildman–Crippen MR) is 82.1 cm³/mol. The van der Waals surface area contributed by atoms with Crippen LogP contribution in [-0.2, 0) is 18.4 Å². The lowest BCUT2D eigenvalue weighted by atomic mass is 9.88. The third-order valence-electron chi connectivity index (χ3n) is 4.33. The van der Waals surface area contributed by atoms with Crippen molar-refractivity contribution in [3.63, 3.8) is 0 Å². The Balaban J connectivity index is 1.78. The molecular formula is C15H23N5O. The van der Waals surface area contributed by atoms with Crippen LogP contribution in [0.3, 0.4) is 0 Å². The monoisotopic (exact) mass is 289 g/mol. The molecule has 1 aliphatic rings. The number of anilines is 1. The van der Waals surface area contributed by atoms with Crippen molar-refractivity contribution in [2.24, 2.45) is 13.0 Å². The number of fused-ring (bicyclic) bond motifs is 1. The second kappa shape index (κ2) is 5.97. The van der Waals surface area contributed by atoms with Crippen molar-refractivity contribution < 1.29 is 4.74 Å². The van der Waals surface area contributed by atoms with Gasteiger partial charge in [-0.25, -0.2) is 9.97 Å². The van der Waals surface area contributed by atoms with E-state index in [4.69, 9.17) is 4.74 Å². The summed E-state index contributed by atoms with van der Waals surface area (Å²) in [7, 11) is 3.76. The lowest BCUT2D eigenvalue weighted by molar-refractivity contribution is -0.0181. The number of rotatable bonds is 4. The van der Waals surface area contributed by atoms with Crippen LogP contribution in [0.15, 0.2) is 6.20 Å². The molecular weight excluding hydrogens is 266 g/mol. The molecule has 0 spiro atoms. The highest BCUT2D eigenvalue weighted by atomic mass is 16.5. The van der Waals surface area contributed by atoms with E-state index in [1.807, 2.05) is 14.1 Å². The van der Waals surface area contributed by atoms with Crippen LogP contribution >= 0.6 is 0 Å². The molecule has 1 N–H and O–H groups in total. The van der Waals surface area contributed by atoms with Gasteiger partial charge in [-0.15, -0.1) is 0 Å². The minimum absolute atomic E-state index is 0.336. The minimum Gasteiger partial charge on any atom is -0.372 e. The van der Waals surface area contributed by atoms with E-state index in [9.17, 15) is 0 Å². The fourth-order valence-corrected chi connectivity index (χ4v) is 3.03. The SMILES string of the molecule is CNc1nc(COC2CCCCC2C)nc2c1cnn2C. The van der Waals surface area contributed by atoms with Crippen molar-refractivity contribution >= 4 is 16.9 Å². The number of hydrogen-bond donors (Lipinski definition) is 1. The van der Waals surface area contributed by atoms with Crippen LogP contribution in [0.25, 0.3) is 11.0 Å². The number of hydrogen-bond acceptors (Lipinski definition) is 5. The number of aryl methyl sites for hydroxylation is 1. The van der Waals surface area contributed by atoms with Gasteiger partial charge in [0.15, 0.2) is 11.5 Å². The van der Waals surface area contributed by atoms with E-state index < -0.39 is 0 Å². The van der Waals surface area contributed by atoms with Gasteiger partial charge in [-0.3, -0.25) is 4.68 Å². The summed E-state index contributed by atoms with van der Waals surface area (Å²) in [5.41, 5.74) is 0.838. The molecule has 1 saturated carbocycles.